The number of hydrogen-bond donors (Lipinski definition) is 2. The molecule has 0 aromatic rings. The normalized spacial score (nSPS) is 25.1. The Bertz CT molecular complexity index is 239. The van der Waals surface area contributed by atoms with Gasteiger partial charge in [0.15, 0.2) is 0 Å². The van der Waals surface area contributed by atoms with Crippen LogP contribution in [0, 0.1) is 5.92 Å². The van der Waals surface area contributed by atoms with Crippen LogP contribution in [0.4, 0.5) is 0 Å². The van der Waals surface area contributed by atoms with Gasteiger partial charge in [0, 0.05) is 6.54 Å². The molecule has 18 heavy (non-hydrogen) atoms. The van der Waals surface area contributed by atoms with Crippen molar-refractivity contribution in [2.24, 2.45) is 5.92 Å². The van der Waals surface area contributed by atoms with E-state index in [-0.39, 0.29) is 36.8 Å². The van der Waals surface area contributed by atoms with Gasteiger partial charge >= 0.3 is 0 Å². The Kier molecular flexibility index (Phi) is 8.95. The SMILES string of the molecule is CN1CCC(CNC(=O)[C@@H]2CCCN2)CC1.Cl.Cl. The van der Waals surface area contributed by atoms with E-state index in [1.54, 1.807) is 0 Å². The van der Waals surface area contributed by atoms with E-state index < -0.39 is 0 Å². The van der Waals surface area contributed by atoms with Crippen molar-refractivity contribution in [1.82, 2.24) is 15.5 Å². The summed E-state index contributed by atoms with van der Waals surface area (Å²) in [4.78, 5) is 14.1. The Labute approximate surface area is 122 Å². The molecule has 0 aromatic heterocycles. The molecule has 2 N–H and O–H groups in total. The lowest BCUT2D eigenvalue weighted by atomic mass is 9.97. The van der Waals surface area contributed by atoms with Crippen molar-refractivity contribution in [3.8, 4) is 0 Å². The summed E-state index contributed by atoms with van der Waals surface area (Å²) in [5.41, 5.74) is 0. The van der Waals surface area contributed by atoms with Crippen LogP contribution in [0.5, 0.6) is 0 Å². The first-order valence-corrected chi connectivity index (χ1v) is 6.45. The van der Waals surface area contributed by atoms with Crippen LogP contribution in [-0.4, -0.2) is 50.1 Å². The molecule has 0 spiro atoms. The first kappa shape index (κ1) is 18.0. The summed E-state index contributed by atoms with van der Waals surface area (Å²) in [6, 6.07) is 0.0752. The highest BCUT2D eigenvalue weighted by atomic mass is 35.5. The number of carbonyl (C=O) groups excluding carboxylic acids is 1. The summed E-state index contributed by atoms with van der Waals surface area (Å²) in [6.07, 6.45) is 4.56. The highest BCUT2D eigenvalue weighted by molar-refractivity contribution is 5.85. The van der Waals surface area contributed by atoms with E-state index in [0.717, 1.165) is 25.9 Å². The van der Waals surface area contributed by atoms with Crippen LogP contribution in [0.15, 0.2) is 0 Å². The van der Waals surface area contributed by atoms with Crippen LogP contribution in [0.2, 0.25) is 0 Å². The fourth-order valence-electron chi connectivity index (χ4n) is 2.54. The van der Waals surface area contributed by atoms with Gasteiger partial charge in [-0.3, -0.25) is 4.79 Å². The minimum absolute atomic E-state index is 0. The van der Waals surface area contributed by atoms with Gasteiger partial charge in [0.05, 0.1) is 6.04 Å². The number of rotatable bonds is 3. The second kappa shape index (κ2) is 8.97. The zero-order chi connectivity index (χ0) is 11.4. The van der Waals surface area contributed by atoms with E-state index in [4.69, 9.17) is 0 Å². The van der Waals surface area contributed by atoms with E-state index in [2.05, 4.69) is 22.6 Å². The Hall–Kier alpha value is -0.0300. The zero-order valence-corrected chi connectivity index (χ0v) is 12.6. The average molecular weight is 298 g/mol. The number of nitrogens with zero attached hydrogens (tertiary/aromatic N) is 1. The first-order chi connectivity index (χ1) is 7.75. The fraction of sp³-hybridized carbons (Fsp3) is 0.917. The van der Waals surface area contributed by atoms with Crippen LogP contribution in [-0.2, 0) is 4.79 Å². The van der Waals surface area contributed by atoms with E-state index >= 15 is 0 Å². The molecule has 0 radical (unpaired) electrons. The van der Waals surface area contributed by atoms with Crippen molar-refractivity contribution < 1.29 is 4.79 Å². The minimum atomic E-state index is 0. The maximum Gasteiger partial charge on any atom is 0.237 e. The third-order valence-corrected chi connectivity index (χ3v) is 3.78. The molecule has 108 valence electrons. The van der Waals surface area contributed by atoms with Gasteiger partial charge < -0.3 is 15.5 Å². The largest absolute Gasteiger partial charge is 0.354 e. The van der Waals surface area contributed by atoms with Crippen molar-refractivity contribution >= 4 is 30.7 Å². The maximum absolute atomic E-state index is 11.8. The Morgan fingerprint density at radius 1 is 1.28 bits per heavy atom. The van der Waals surface area contributed by atoms with E-state index in [9.17, 15) is 4.79 Å². The number of hydrogen-bond acceptors (Lipinski definition) is 3. The second-order valence-electron chi connectivity index (χ2n) is 5.14. The molecule has 2 saturated heterocycles. The average Bonchev–Trinajstić information content (AvgIpc) is 2.81. The van der Waals surface area contributed by atoms with Gasteiger partial charge in [0.25, 0.3) is 0 Å². The molecule has 2 aliphatic heterocycles. The summed E-state index contributed by atoms with van der Waals surface area (Å²) < 4.78 is 0. The molecular weight excluding hydrogens is 273 g/mol. The highest BCUT2D eigenvalue weighted by Gasteiger charge is 2.23. The lowest BCUT2D eigenvalue weighted by molar-refractivity contribution is -0.123. The van der Waals surface area contributed by atoms with Crippen LogP contribution < -0.4 is 10.6 Å². The van der Waals surface area contributed by atoms with Crippen LogP contribution in [0.1, 0.15) is 25.7 Å². The maximum atomic E-state index is 11.8. The van der Waals surface area contributed by atoms with Gasteiger partial charge in [0.2, 0.25) is 5.91 Å². The van der Waals surface area contributed by atoms with Gasteiger partial charge in [-0.25, -0.2) is 0 Å². The molecule has 6 heteroatoms. The number of amides is 1. The molecule has 0 saturated carbocycles. The fourth-order valence-corrected chi connectivity index (χ4v) is 2.54. The second-order valence-corrected chi connectivity index (χ2v) is 5.14. The summed E-state index contributed by atoms with van der Waals surface area (Å²) in [5, 5.41) is 6.32. The lowest BCUT2D eigenvalue weighted by Gasteiger charge is -2.29. The van der Waals surface area contributed by atoms with Crippen molar-refractivity contribution in [1.29, 1.82) is 0 Å². The molecule has 0 aromatic carbocycles. The quantitative estimate of drug-likeness (QED) is 0.818. The third kappa shape index (κ3) is 5.31. The molecule has 4 nitrogen and oxygen atoms in total. The van der Waals surface area contributed by atoms with Crippen LogP contribution in [0.3, 0.4) is 0 Å². The molecule has 0 unspecified atom stereocenters. The smallest absolute Gasteiger partial charge is 0.237 e. The molecule has 0 bridgehead atoms. The van der Waals surface area contributed by atoms with Gasteiger partial charge in [-0.1, -0.05) is 0 Å². The van der Waals surface area contributed by atoms with Crippen molar-refractivity contribution in [3.63, 3.8) is 0 Å². The standard InChI is InChI=1S/C12H23N3O.2ClH/c1-15-7-4-10(5-8-15)9-14-12(16)11-3-2-6-13-11;;/h10-11,13H,2-9H2,1H3,(H,14,16);2*1H/t11-;;/m0../s1. The summed E-state index contributed by atoms with van der Waals surface area (Å²) in [7, 11) is 2.16. The predicted molar refractivity (Wildman–Crippen MR) is 78.8 cm³/mol. The molecule has 0 aliphatic carbocycles. The van der Waals surface area contributed by atoms with Crippen LogP contribution >= 0.6 is 24.8 Å². The predicted octanol–water partition coefficient (Wildman–Crippen LogP) is 1.04. The van der Waals surface area contributed by atoms with Crippen LogP contribution in [0.25, 0.3) is 0 Å². The molecule has 1 amide bonds. The Morgan fingerprint density at radius 3 is 2.50 bits per heavy atom. The Balaban J connectivity index is 0.00000144. The van der Waals surface area contributed by atoms with Gasteiger partial charge in [-0.15, -0.1) is 24.8 Å². The number of likely N-dealkylation sites (tertiary alicyclic amines) is 1. The van der Waals surface area contributed by atoms with Gasteiger partial charge in [-0.05, 0) is 58.3 Å². The molecular formula is C12H25Cl2N3O. The molecule has 1 atom stereocenters. The molecule has 2 rings (SSSR count). The van der Waals surface area contributed by atoms with Crippen molar-refractivity contribution in [2.45, 2.75) is 31.7 Å². The topological polar surface area (TPSA) is 44.4 Å². The molecule has 2 fully saturated rings. The summed E-state index contributed by atoms with van der Waals surface area (Å²) in [6.45, 7) is 4.20. The van der Waals surface area contributed by atoms with Gasteiger partial charge in [-0.2, -0.15) is 0 Å². The number of nitrogens with one attached hydrogen (secondary N) is 2. The number of halogens is 2. The molecule has 2 heterocycles. The first-order valence-electron chi connectivity index (χ1n) is 6.45. The Morgan fingerprint density at radius 2 is 1.94 bits per heavy atom. The van der Waals surface area contributed by atoms with E-state index in [1.165, 1.54) is 25.9 Å². The summed E-state index contributed by atoms with van der Waals surface area (Å²) >= 11 is 0. The highest BCUT2D eigenvalue weighted by Crippen LogP contribution is 2.15. The minimum Gasteiger partial charge on any atom is -0.354 e. The van der Waals surface area contributed by atoms with E-state index in [1.807, 2.05) is 0 Å². The van der Waals surface area contributed by atoms with Crippen molar-refractivity contribution in [2.75, 3.05) is 33.2 Å². The summed E-state index contributed by atoms with van der Waals surface area (Å²) in [5.74, 6) is 0.887. The molecule has 2 aliphatic rings. The zero-order valence-electron chi connectivity index (χ0n) is 11.0. The third-order valence-electron chi connectivity index (χ3n) is 3.78. The number of piperidine rings is 1. The lowest BCUT2D eigenvalue weighted by Crippen LogP contribution is -2.43. The van der Waals surface area contributed by atoms with Crippen molar-refractivity contribution in [3.05, 3.63) is 0 Å². The van der Waals surface area contributed by atoms with Gasteiger partial charge in [0.1, 0.15) is 0 Å². The number of carbonyl (C=O) groups is 1. The monoisotopic (exact) mass is 297 g/mol. The van der Waals surface area contributed by atoms with E-state index in [0.29, 0.717) is 5.92 Å².